The number of rotatable bonds is 1. The van der Waals surface area contributed by atoms with Gasteiger partial charge in [0.1, 0.15) is 11.5 Å². The number of fused-ring (bicyclic) bond motifs is 1. The Kier molecular flexibility index (Phi) is 1.80. The number of phenols is 2. The Hall–Kier alpha value is -2.16. The van der Waals surface area contributed by atoms with Crippen LogP contribution in [0.15, 0.2) is 42.5 Å². The maximum absolute atomic E-state index is 9.74. The highest BCUT2D eigenvalue weighted by atomic mass is 16.3. The summed E-state index contributed by atoms with van der Waals surface area (Å²) < 4.78 is 0. The van der Waals surface area contributed by atoms with Crippen molar-refractivity contribution >= 4 is 11.4 Å². The molecule has 2 aromatic carbocycles. The Labute approximate surface area is 93.2 Å². The fourth-order valence-electron chi connectivity index (χ4n) is 2.01. The normalized spacial score (nSPS) is 13.1. The topological polar surface area (TPSA) is 43.7 Å². The summed E-state index contributed by atoms with van der Waals surface area (Å²) >= 11 is 0. The van der Waals surface area contributed by atoms with Gasteiger partial charge in [0.05, 0.1) is 17.9 Å². The van der Waals surface area contributed by atoms with E-state index in [1.807, 2.05) is 23.1 Å². The van der Waals surface area contributed by atoms with Crippen LogP contribution in [0.25, 0.3) is 0 Å². The van der Waals surface area contributed by atoms with Gasteiger partial charge in [-0.25, -0.2) is 0 Å². The number of para-hydroxylation sites is 2. The SMILES string of the molecule is Oc1ccc2c(c1)N(c1ccccc1O)C2. The number of anilines is 2. The first-order chi connectivity index (χ1) is 7.75. The van der Waals surface area contributed by atoms with Gasteiger partial charge in [0.2, 0.25) is 0 Å². The van der Waals surface area contributed by atoms with Crippen molar-refractivity contribution in [2.45, 2.75) is 6.54 Å². The molecule has 1 aliphatic heterocycles. The molecule has 0 amide bonds. The lowest BCUT2D eigenvalue weighted by atomic mass is 10.0. The predicted octanol–water partition coefficient (Wildman–Crippen LogP) is 2.75. The fourth-order valence-corrected chi connectivity index (χ4v) is 2.01. The summed E-state index contributed by atoms with van der Waals surface area (Å²) in [5.74, 6) is 0.510. The molecule has 3 nitrogen and oxygen atoms in total. The van der Waals surface area contributed by atoms with E-state index < -0.39 is 0 Å². The second kappa shape index (κ2) is 3.17. The molecule has 0 unspecified atom stereocenters. The number of benzene rings is 2. The van der Waals surface area contributed by atoms with E-state index in [4.69, 9.17) is 0 Å². The molecule has 80 valence electrons. The van der Waals surface area contributed by atoms with Crippen LogP contribution in [-0.2, 0) is 6.54 Å². The monoisotopic (exact) mass is 213 g/mol. The molecule has 0 saturated carbocycles. The molecule has 2 N–H and O–H groups in total. The van der Waals surface area contributed by atoms with E-state index in [1.54, 1.807) is 24.3 Å². The summed E-state index contributed by atoms with van der Waals surface area (Å²) in [6, 6.07) is 12.5. The van der Waals surface area contributed by atoms with Gasteiger partial charge in [-0.05, 0) is 23.8 Å². The molecule has 3 rings (SSSR count). The third-order valence-corrected chi connectivity index (χ3v) is 2.86. The van der Waals surface area contributed by atoms with E-state index in [-0.39, 0.29) is 11.5 Å². The first kappa shape index (κ1) is 9.09. The Morgan fingerprint density at radius 2 is 1.75 bits per heavy atom. The maximum atomic E-state index is 9.74. The van der Waals surface area contributed by atoms with Crippen molar-refractivity contribution in [1.29, 1.82) is 0 Å². The third-order valence-electron chi connectivity index (χ3n) is 2.86. The van der Waals surface area contributed by atoms with Gasteiger partial charge >= 0.3 is 0 Å². The van der Waals surface area contributed by atoms with E-state index in [1.165, 1.54) is 5.56 Å². The molecule has 0 spiro atoms. The van der Waals surface area contributed by atoms with Crippen LogP contribution in [0.5, 0.6) is 11.5 Å². The number of hydrogen-bond donors (Lipinski definition) is 2. The lowest BCUT2D eigenvalue weighted by Crippen LogP contribution is -2.27. The molecular weight excluding hydrogens is 202 g/mol. The van der Waals surface area contributed by atoms with E-state index in [9.17, 15) is 10.2 Å². The Morgan fingerprint density at radius 3 is 2.56 bits per heavy atom. The van der Waals surface area contributed by atoms with Crippen LogP contribution in [-0.4, -0.2) is 10.2 Å². The number of phenolic OH excluding ortho intramolecular Hbond substituents is 2. The second-order valence-corrected chi connectivity index (χ2v) is 3.89. The average molecular weight is 213 g/mol. The smallest absolute Gasteiger partial charge is 0.139 e. The summed E-state index contributed by atoms with van der Waals surface area (Å²) in [4.78, 5) is 1.98. The highest BCUT2D eigenvalue weighted by Crippen LogP contribution is 2.43. The van der Waals surface area contributed by atoms with Crippen LogP contribution in [0.2, 0.25) is 0 Å². The van der Waals surface area contributed by atoms with Crippen LogP contribution in [0.1, 0.15) is 5.56 Å². The predicted molar refractivity (Wildman–Crippen MR) is 62.1 cm³/mol. The van der Waals surface area contributed by atoms with Crippen LogP contribution in [0.4, 0.5) is 11.4 Å². The van der Waals surface area contributed by atoms with Gasteiger partial charge in [-0.15, -0.1) is 0 Å². The molecule has 0 fully saturated rings. The van der Waals surface area contributed by atoms with Crippen molar-refractivity contribution in [1.82, 2.24) is 0 Å². The minimum absolute atomic E-state index is 0.249. The highest BCUT2D eigenvalue weighted by molar-refractivity contribution is 5.77. The Balaban J connectivity index is 2.04. The van der Waals surface area contributed by atoms with E-state index in [2.05, 4.69) is 0 Å². The third kappa shape index (κ3) is 1.21. The van der Waals surface area contributed by atoms with Crippen molar-refractivity contribution in [3.63, 3.8) is 0 Å². The highest BCUT2D eigenvalue weighted by Gasteiger charge is 2.25. The second-order valence-electron chi connectivity index (χ2n) is 3.89. The molecule has 2 aromatic rings. The van der Waals surface area contributed by atoms with E-state index in [0.717, 1.165) is 17.9 Å². The van der Waals surface area contributed by atoms with Gasteiger partial charge < -0.3 is 15.1 Å². The van der Waals surface area contributed by atoms with Gasteiger partial charge in [0.15, 0.2) is 0 Å². The minimum Gasteiger partial charge on any atom is -0.508 e. The zero-order valence-corrected chi connectivity index (χ0v) is 8.59. The lowest BCUT2D eigenvalue weighted by Gasteiger charge is -2.36. The Bertz CT molecular complexity index is 551. The molecule has 3 heteroatoms. The van der Waals surface area contributed by atoms with Crippen molar-refractivity contribution in [2.24, 2.45) is 0 Å². The largest absolute Gasteiger partial charge is 0.508 e. The maximum Gasteiger partial charge on any atom is 0.139 e. The zero-order valence-electron chi connectivity index (χ0n) is 8.59. The van der Waals surface area contributed by atoms with Crippen molar-refractivity contribution in [3.8, 4) is 11.5 Å². The summed E-state index contributed by atoms with van der Waals surface area (Å²) in [5.41, 5.74) is 2.92. The molecule has 0 radical (unpaired) electrons. The number of nitrogens with zero attached hydrogens (tertiary/aromatic N) is 1. The van der Waals surface area contributed by atoms with Gasteiger partial charge in [0.25, 0.3) is 0 Å². The fraction of sp³-hybridized carbons (Fsp3) is 0.0769. The quantitative estimate of drug-likeness (QED) is 0.765. The van der Waals surface area contributed by atoms with Gasteiger partial charge in [0, 0.05) is 6.07 Å². The molecule has 0 aromatic heterocycles. The van der Waals surface area contributed by atoms with Crippen LogP contribution in [0.3, 0.4) is 0 Å². The Morgan fingerprint density at radius 1 is 0.938 bits per heavy atom. The number of aromatic hydroxyl groups is 2. The molecule has 0 atom stereocenters. The van der Waals surface area contributed by atoms with E-state index in [0.29, 0.717) is 0 Å². The van der Waals surface area contributed by atoms with Crippen LogP contribution in [0, 0.1) is 0 Å². The van der Waals surface area contributed by atoms with Gasteiger partial charge in [-0.3, -0.25) is 0 Å². The minimum atomic E-state index is 0.249. The summed E-state index contributed by atoms with van der Waals surface area (Å²) in [7, 11) is 0. The molecule has 1 heterocycles. The summed E-state index contributed by atoms with van der Waals surface area (Å²) in [6.45, 7) is 0.771. The molecule has 0 saturated heterocycles. The molecule has 1 aliphatic rings. The molecule has 16 heavy (non-hydrogen) atoms. The van der Waals surface area contributed by atoms with E-state index >= 15 is 0 Å². The average Bonchev–Trinajstić information content (AvgIpc) is 2.26. The first-order valence-corrected chi connectivity index (χ1v) is 5.13. The zero-order chi connectivity index (χ0) is 11.1. The van der Waals surface area contributed by atoms with Gasteiger partial charge in [-0.1, -0.05) is 18.2 Å². The lowest BCUT2D eigenvalue weighted by molar-refractivity contribution is 0.471. The first-order valence-electron chi connectivity index (χ1n) is 5.13. The molecule has 0 aliphatic carbocycles. The number of hydrogen-bond acceptors (Lipinski definition) is 3. The molecular formula is C13H11NO2. The summed E-state index contributed by atoms with van der Waals surface area (Å²) in [5, 5.41) is 19.2. The summed E-state index contributed by atoms with van der Waals surface area (Å²) in [6.07, 6.45) is 0. The van der Waals surface area contributed by atoms with Crippen molar-refractivity contribution in [3.05, 3.63) is 48.0 Å². The van der Waals surface area contributed by atoms with Crippen molar-refractivity contribution in [2.75, 3.05) is 4.90 Å². The van der Waals surface area contributed by atoms with Crippen LogP contribution >= 0.6 is 0 Å². The standard InChI is InChI=1S/C13H11NO2/c15-10-6-5-9-8-14(12(9)7-10)11-3-1-2-4-13(11)16/h1-7,15-16H,8H2. The van der Waals surface area contributed by atoms with Crippen molar-refractivity contribution < 1.29 is 10.2 Å². The molecule has 0 bridgehead atoms. The van der Waals surface area contributed by atoms with Gasteiger partial charge in [-0.2, -0.15) is 0 Å². The van der Waals surface area contributed by atoms with Crippen LogP contribution < -0.4 is 4.90 Å².